The monoisotopic (exact) mass is 252 g/mol. The molecule has 0 aliphatic carbocycles. The third-order valence-electron chi connectivity index (χ3n) is 2.94. The van der Waals surface area contributed by atoms with Crippen LogP contribution in [-0.4, -0.2) is 9.55 Å². The van der Waals surface area contributed by atoms with E-state index in [9.17, 15) is 0 Å². The van der Waals surface area contributed by atoms with Gasteiger partial charge in [0.1, 0.15) is 0 Å². The summed E-state index contributed by atoms with van der Waals surface area (Å²) in [7, 11) is 2.05. The Balaban J connectivity index is 0.000000141. The number of hydrogen-bond donors (Lipinski definition) is 0. The first-order valence-electron chi connectivity index (χ1n) is 6.70. The summed E-state index contributed by atoms with van der Waals surface area (Å²) in [5, 5.41) is 1.20. The van der Waals surface area contributed by atoms with Crippen molar-refractivity contribution in [3.8, 4) is 0 Å². The molecule has 0 radical (unpaired) electrons. The number of hydrogen-bond acceptors (Lipinski definition) is 1. The molecule has 98 valence electrons. The van der Waals surface area contributed by atoms with Crippen molar-refractivity contribution in [1.82, 2.24) is 9.55 Å². The van der Waals surface area contributed by atoms with E-state index in [-0.39, 0.29) is 0 Å². The number of aromatic nitrogens is 2. The van der Waals surface area contributed by atoms with E-state index in [1.807, 2.05) is 30.5 Å². The molecular weight excluding hydrogens is 232 g/mol. The van der Waals surface area contributed by atoms with Crippen LogP contribution in [0.15, 0.2) is 61.1 Å². The second-order valence-corrected chi connectivity index (χ2v) is 4.63. The molecule has 0 saturated heterocycles. The molecule has 0 saturated carbocycles. The lowest BCUT2D eigenvalue weighted by Gasteiger charge is -1.91. The summed E-state index contributed by atoms with van der Waals surface area (Å²) in [6.07, 6.45) is 8.52. The number of fused-ring (bicyclic) bond motifs is 1. The molecule has 2 heteroatoms. The van der Waals surface area contributed by atoms with E-state index in [0.29, 0.717) is 0 Å². The quantitative estimate of drug-likeness (QED) is 0.668. The number of benzene rings is 1. The molecule has 0 fully saturated rings. The van der Waals surface area contributed by atoms with Gasteiger partial charge in [-0.05, 0) is 30.2 Å². The van der Waals surface area contributed by atoms with Gasteiger partial charge in [-0.1, -0.05) is 37.6 Å². The second kappa shape index (κ2) is 6.74. The lowest BCUT2D eigenvalue weighted by atomic mass is 10.2. The Hall–Kier alpha value is -2.09. The number of para-hydroxylation sites is 1. The first-order valence-corrected chi connectivity index (χ1v) is 6.70. The van der Waals surface area contributed by atoms with E-state index in [2.05, 4.69) is 54.1 Å². The SMILES string of the molecule is CCCc1ccn(C)c1.c1ccc2ncccc2c1. The normalized spacial score (nSPS) is 10.0. The van der Waals surface area contributed by atoms with Gasteiger partial charge in [0.15, 0.2) is 0 Å². The summed E-state index contributed by atoms with van der Waals surface area (Å²) in [5.41, 5.74) is 2.50. The number of pyridine rings is 1. The minimum absolute atomic E-state index is 1.06. The van der Waals surface area contributed by atoms with E-state index >= 15 is 0 Å². The highest BCUT2D eigenvalue weighted by Gasteiger charge is 1.89. The summed E-state index contributed by atoms with van der Waals surface area (Å²) >= 11 is 0. The zero-order valence-corrected chi connectivity index (χ0v) is 11.6. The number of rotatable bonds is 2. The first kappa shape index (κ1) is 13.3. The van der Waals surface area contributed by atoms with E-state index in [4.69, 9.17) is 0 Å². The average Bonchev–Trinajstić information content (AvgIpc) is 2.86. The summed E-state index contributed by atoms with van der Waals surface area (Å²) in [6, 6.07) is 14.3. The molecule has 0 spiro atoms. The largest absolute Gasteiger partial charge is 0.357 e. The van der Waals surface area contributed by atoms with Crippen LogP contribution in [0, 0.1) is 0 Å². The highest BCUT2D eigenvalue weighted by atomic mass is 14.9. The van der Waals surface area contributed by atoms with Crippen LogP contribution in [-0.2, 0) is 13.5 Å². The van der Waals surface area contributed by atoms with Crippen LogP contribution in [0.25, 0.3) is 10.9 Å². The van der Waals surface area contributed by atoms with Crippen LogP contribution in [0.2, 0.25) is 0 Å². The topological polar surface area (TPSA) is 17.8 Å². The fourth-order valence-electron chi connectivity index (χ4n) is 2.01. The molecule has 19 heavy (non-hydrogen) atoms. The van der Waals surface area contributed by atoms with Crippen LogP contribution >= 0.6 is 0 Å². The lowest BCUT2D eigenvalue weighted by molar-refractivity contribution is 0.890. The second-order valence-electron chi connectivity index (χ2n) is 4.63. The Morgan fingerprint density at radius 2 is 1.84 bits per heavy atom. The van der Waals surface area contributed by atoms with Gasteiger partial charge >= 0.3 is 0 Å². The molecule has 2 aromatic heterocycles. The van der Waals surface area contributed by atoms with Crippen LogP contribution < -0.4 is 0 Å². The van der Waals surface area contributed by atoms with Gasteiger partial charge in [-0.2, -0.15) is 0 Å². The minimum Gasteiger partial charge on any atom is -0.357 e. The Morgan fingerprint density at radius 3 is 2.53 bits per heavy atom. The zero-order chi connectivity index (χ0) is 13.5. The molecule has 3 aromatic rings. The average molecular weight is 252 g/mol. The number of nitrogens with zero attached hydrogens (tertiary/aromatic N) is 2. The molecule has 0 aliphatic heterocycles. The summed E-state index contributed by atoms with van der Waals surface area (Å²) in [4.78, 5) is 4.18. The van der Waals surface area contributed by atoms with Crippen molar-refractivity contribution in [2.75, 3.05) is 0 Å². The Bertz CT molecular complexity index is 560. The summed E-state index contributed by atoms with van der Waals surface area (Å²) in [6.45, 7) is 2.20. The fourth-order valence-corrected chi connectivity index (χ4v) is 2.01. The van der Waals surface area contributed by atoms with E-state index in [1.165, 1.54) is 23.8 Å². The van der Waals surface area contributed by atoms with Crippen molar-refractivity contribution >= 4 is 10.9 Å². The van der Waals surface area contributed by atoms with Gasteiger partial charge < -0.3 is 4.57 Å². The van der Waals surface area contributed by atoms with Gasteiger partial charge in [-0.15, -0.1) is 0 Å². The van der Waals surface area contributed by atoms with Gasteiger partial charge in [0, 0.05) is 31.0 Å². The minimum atomic E-state index is 1.06. The van der Waals surface area contributed by atoms with E-state index in [0.717, 1.165) is 5.52 Å². The molecule has 3 rings (SSSR count). The molecule has 1 aromatic carbocycles. The molecule has 0 N–H and O–H groups in total. The van der Waals surface area contributed by atoms with Crippen LogP contribution in [0.1, 0.15) is 18.9 Å². The predicted molar refractivity (Wildman–Crippen MR) is 81.2 cm³/mol. The third kappa shape index (κ3) is 3.95. The van der Waals surface area contributed by atoms with Crippen molar-refractivity contribution in [1.29, 1.82) is 0 Å². The van der Waals surface area contributed by atoms with E-state index in [1.54, 1.807) is 0 Å². The third-order valence-corrected chi connectivity index (χ3v) is 2.94. The predicted octanol–water partition coefficient (Wildman–Crippen LogP) is 4.21. The van der Waals surface area contributed by atoms with Gasteiger partial charge in [0.2, 0.25) is 0 Å². The van der Waals surface area contributed by atoms with Gasteiger partial charge in [-0.3, -0.25) is 4.98 Å². The molecule has 0 aliphatic rings. The smallest absolute Gasteiger partial charge is 0.0701 e. The van der Waals surface area contributed by atoms with Gasteiger partial charge in [0.25, 0.3) is 0 Å². The lowest BCUT2D eigenvalue weighted by Crippen LogP contribution is -1.80. The highest BCUT2D eigenvalue weighted by molar-refractivity contribution is 5.77. The van der Waals surface area contributed by atoms with Gasteiger partial charge in [-0.25, -0.2) is 0 Å². The molecule has 0 atom stereocenters. The van der Waals surface area contributed by atoms with Crippen molar-refractivity contribution in [3.05, 3.63) is 66.6 Å². The summed E-state index contributed by atoms with van der Waals surface area (Å²) in [5.74, 6) is 0. The maximum atomic E-state index is 4.18. The molecule has 2 heterocycles. The molecular formula is C17H20N2. The zero-order valence-electron chi connectivity index (χ0n) is 11.6. The Labute approximate surface area is 114 Å². The highest BCUT2D eigenvalue weighted by Crippen LogP contribution is 2.07. The molecule has 0 bridgehead atoms. The first-order chi connectivity index (χ1) is 9.29. The molecule has 2 nitrogen and oxygen atoms in total. The van der Waals surface area contributed by atoms with Crippen LogP contribution in [0.3, 0.4) is 0 Å². The van der Waals surface area contributed by atoms with Crippen molar-refractivity contribution < 1.29 is 0 Å². The maximum absolute atomic E-state index is 4.18. The van der Waals surface area contributed by atoms with E-state index < -0.39 is 0 Å². The standard InChI is InChI=1S/C9H7N.C8H13N/c1-2-6-9-8(4-1)5-3-7-10-9;1-3-4-8-5-6-9(2)7-8/h1-7H;5-7H,3-4H2,1-2H3. The Kier molecular flexibility index (Phi) is 4.73. The van der Waals surface area contributed by atoms with Crippen molar-refractivity contribution in [2.24, 2.45) is 7.05 Å². The van der Waals surface area contributed by atoms with Crippen molar-refractivity contribution in [3.63, 3.8) is 0 Å². The fraction of sp³-hybridized carbons (Fsp3) is 0.235. The Morgan fingerprint density at radius 1 is 1.05 bits per heavy atom. The molecule has 0 unspecified atom stereocenters. The molecule has 0 amide bonds. The van der Waals surface area contributed by atoms with Gasteiger partial charge in [0.05, 0.1) is 5.52 Å². The van der Waals surface area contributed by atoms with Crippen LogP contribution in [0.5, 0.6) is 0 Å². The number of aryl methyl sites for hydroxylation is 2. The maximum Gasteiger partial charge on any atom is 0.0701 e. The summed E-state index contributed by atoms with van der Waals surface area (Å²) < 4.78 is 2.09. The van der Waals surface area contributed by atoms with Crippen LogP contribution in [0.4, 0.5) is 0 Å². The van der Waals surface area contributed by atoms with Crippen molar-refractivity contribution in [2.45, 2.75) is 19.8 Å².